The normalized spacial score (nSPS) is 11.2. The molecule has 0 atom stereocenters. The quantitative estimate of drug-likeness (QED) is 0.696. The molecule has 0 N–H and O–H groups in total. The summed E-state index contributed by atoms with van der Waals surface area (Å²) in [5, 5.41) is 0. The van der Waals surface area contributed by atoms with Crippen molar-refractivity contribution in [3.8, 4) is 0 Å². The summed E-state index contributed by atoms with van der Waals surface area (Å²) in [5.74, 6) is 1.37. The van der Waals surface area contributed by atoms with Crippen molar-refractivity contribution >= 4 is 11.0 Å². The first-order chi connectivity index (χ1) is 7.79. The summed E-state index contributed by atoms with van der Waals surface area (Å²) in [6, 6.07) is 8.70. The molecule has 0 aliphatic rings. The smallest absolute Gasteiger partial charge is 0.228 e. The van der Waals surface area contributed by atoms with Gasteiger partial charge in [0.1, 0.15) is 0 Å². The summed E-state index contributed by atoms with van der Waals surface area (Å²) in [6.07, 6.45) is 2.50. The number of imidazole rings is 1. The Hall–Kier alpha value is -1.31. The second-order valence-corrected chi connectivity index (χ2v) is 4.29. The third kappa shape index (κ3) is 1.73. The Morgan fingerprint density at radius 1 is 1.19 bits per heavy atom. The molecule has 2 aromatic rings. The maximum atomic E-state index is 2.45. The highest BCUT2D eigenvalue weighted by atomic mass is 15.2. The lowest BCUT2D eigenvalue weighted by molar-refractivity contribution is -0.678. The number of aromatic nitrogens is 2. The Kier molecular flexibility index (Phi) is 3.28. The molecule has 2 nitrogen and oxygen atoms in total. The van der Waals surface area contributed by atoms with Gasteiger partial charge in [-0.05, 0) is 25.5 Å². The van der Waals surface area contributed by atoms with Crippen LogP contribution in [0.2, 0.25) is 0 Å². The molecular weight excluding hydrogens is 196 g/mol. The van der Waals surface area contributed by atoms with Gasteiger partial charge in [0.2, 0.25) is 0 Å². The molecule has 1 aromatic heterocycles. The van der Waals surface area contributed by atoms with Gasteiger partial charge in [-0.3, -0.25) is 0 Å². The highest BCUT2D eigenvalue weighted by molar-refractivity contribution is 5.72. The molecular formula is C14H21N2+. The zero-order valence-corrected chi connectivity index (χ0v) is 10.5. The molecule has 0 saturated heterocycles. The Balaban J connectivity index is 2.58. The molecule has 2 heteroatoms. The first-order valence-corrected chi connectivity index (χ1v) is 6.27. The van der Waals surface area contributed by atoms with E-state index in [1.54, 1.807) is 0 Å². The zero-order chi connectivity index (χ0) is 11.5. The van der Waals surface area contributed by atoms with E-state index in [1.165, 1.54) is 29.7 Å². The minimum absolute atomic E-state index is 1.05. The molecule has 0 saturated carbocycles. The molecule has 0 bridgehead atoms. The van der Waals surface area contributed by atoms with E-state index < -0.39 is 0 Å². The molecule has 0 spiro atoms. The monoisotopic (exact) mass is 217 g/mol. The van der Waals surface area contributed by atoms with E-state index in [0.29, 0.717) is 0 Å². The number of aryl methyl sites for hydroxylation is 2. The first kappa shape index (κ1) is 11.2. The van der Waals surface area contributed by atoms with Gasteiger partial charge in [-0.1, -0.05) is 25.5 Å². The number of unbranched alkanes of at least 4 members (excludes halogenated alkanes) is 1. The molecule has 2 rings (SSSR count). The van der Waals surface area contributed by atoms with Gasteiger partial charge < -0.3 is 0 Å². The Morgan fingerprint density at radius 2 is 1.94 bits per heavy atom. The SMILES string of the molecule is CCCC[n+]1c(C)n(CC)c2ccccc21. The summed E-state index contributed by atoms with van der Waals surface area (Å²) in [6.45, 7) is 8.86. The minimum atomic E-state index is 1.05. The largest absolute Gasteiger partial charge is 0.254 e. The fourth-order valence-corrected chi connectivity index (χ4v) is 2.41. The molecule has 0 aliphatic carbocycles. The Morgan fingerprint density at radius 3 is 2.62 bits per heavy atom. The third-order valence-corrected chi connectivity index (χ3v) is 3.30. The second-order valence-electron chi connectivity index (χ2n) is 4.29. The van der Waals surface area contributed by atoms with Gasteiger partial charge in [0.25, 0.3) is 5.82 Å². The van der Waals surface area contributed by atoms with Crippen LogP contribution in [0.5, 0.6) is 0 Å². The number of fused-ring (bicyclic) bond motifs is 1. The van der Waals surface area contributed by atoms with Gasteiger partial charge in [0, 0.05) is 6.92 Å². The van der Waals surface area contributed by atoms with Crippen LogP contribution in [0.1, 0.15) is 32.5 Å². The van der Waals surface area contributed by atoms with Crippen LogP contribution in [0.25, 0.3) is 11.0 Å². The molecule has 0 unspecified atom stereocenters. The Bertz CT molecular complexity index is 483. The predicted octanol–water partition coefficient (Wildman–Crippen LogP) is 3.06. The third-order valence-electron chi connectivity index (χ3n) is 3.30. The lowest BCUT2D eigenvalue weighted by Crippen LogP contribution is -2.36. The van der Waals surface area contributed by atoms with Crippen molar-refractivity contribution in [2.45, 2.75) is 46.7 Å². The van der Waals surface area contributed by atoms with E-state index in [1.807, 2.05) is 0 Å². The lowest BCUT2D eigenvalue weighted by atomic mass is 10.3. The second kappa shape index (κ2) is 4.69. The highest BCUT2D eigenvalue weighted by Gasteiger charge is 2.18. The predicted molar refractivity (Wildman–Crippen MR) is 67.5 cm³/mol. The number of nitrogens with zero attached hydrogens (tertiary/aromatic N) is 2. The van der Waals surface area contributed by atoms with Crippen molar-refractivity contribution in [3.05, 3.63) is 30.1 Å². The van der Waals surface area contributed by atoms with Crippen LogP contribution < -0.4 is 4.57 Å². The fourth-order valence-electron chi connectivity index (χ4n) is 2.41. The number of hydrogen-bond acceptors (Lipinski definition) is 0. The van der Waals surface area contributed by atoms with Crippen molar-refractivity contribution in [3.63, 3.8) is 0 Å². The van der Waals surface area contributed by atoms with Gasteiger partial charge in [0.15, 0.2) is 11.0 Å². The molecule has 0 fully saturated rings. The van der Waals surface area contributed by atoms with Crippen molar-refractivity contribution < 1.29 is 4.57 Å². The van der Waals surface area contributed by atoms with E-state index >= 15 is 0 Å². The van der Waals surface area contributed by atoms with Crippen LogP contribution in [0, 0.1) is 6.92 Å². The number of rotatable bonds is 4. The Labute approximate surface area is 97.5 Å². The van der Waals surface area contributed by atoms with Crippen LogP contribution in [0.15, 0.2) is 24.3 Å². The average Bonchev–Trinajstić information content (AvgIpc) is 2.58. The number of benzene rings is 1. The van der Waals surface area contributed by atoms with Gasteiger partial charge in [-0.25, -0.2) is 9.13 Å². The van der Waals surface area contributed by atoms with E-state index in [4.69, 9.17) is 0 Å². The van der Waals surface area contributed by atoms with Gasteiger partial charge in [-0.2, -0.15) is 0 Å². The molecule has 0 amide bonds. The topological polar surface area (TPSA) is 8.81 Å². The van der Waals surface area contributed by atoms with Crippen molar-refractivity contribution in [1.29, 1.82) is 0 Å². The van der Waals surface area contributed by atoms with Crippen molar-refractivity contribution in [2.75, 3.05) is 0 Å². The van der Waals surface area contributed by atoms with Crippen molar-refractivity contribution in [1.82, 2.24) is 4.57 Å². The van der Waals surface area contributed by atoms with Crippen molar-refractivity contribution in [2.24, 2.45) is 0 Å². The molecule has 0 radical (unpaired) electrons. The lowest BCUT2D eigenvalue weighted by Gasteiger charge is -1.98. The van der Waals surface area contributed by atoms with Crippen LogP contribution in [0.4, 0.5) is 0 Å². The summed E-state index contributed by atoms with van der Waals surface area (Å²) < 4.78 is 4.84. The number of hydrogen-bond donors (Lipinski definition) is 0. The van der Waals surface area contributed by atoms with Crippen LogP contribution in [-0.2, 0) is 13.1 Å². The first-order valence-electron chi connectivity index (χ1n) is 6.27. The summed E-state index contributed by atoms with van der Waals surface area (Å²) in [7, 11) is 0. The van der Waals surface area contributed by atoms with E-state index in [-0.39, 0.29) is 0 Å². The summed E-state index contributed by atoms with van der Waals surface area (Å²) >= 11 is 0. The zero-order valence-electron chi connectivity index (χ0n) is 10.5. The van der Waals surface area contributed by atoms with Crippen LogP contribution in [-0.4, -0.2) is 4.57 Å². The van der Waals surface area contributed by atoms with E-state index in [2.05, 4.69) is 54.2 Å². The molecule has 0 aliphatic heterocycles. The van der Waals surface area contributed by atoms with Gasteiger partial charge >= 0.3 is 0 Å². The molecule has 1 heterocycles. The molecule has 86 valence electrons. The van der Waals surface area contributed by atoms with Crippen LogP contribution in [0.3, 0.4) is 0 Å². The highest BCUT2D eigenvalue weighted by Crippen LogP contribution is 2.14. The maximum absolute atomic E-state index is 2.45. The maximum Gasteiger partial charge on any atom is 0.254 e. The summed E-state index contributed by atoms with van der Waals surface area (Å²) in [5.41, 5.74) is 2.73. The van der Waals surface area contributed by atoms with E-state index in [0.717, 1.165) is 13.1 Å². The number of para-hydroxylation sites is 2. The van der Waals surface area contributed by atoms with Gasteiger partial charge in [-0.15, -0.1) is 0 Å². The van der Waals surface area contributed by atoms with Crippen LogP contribution >= 0.6 is 0 Å². The molecule has 16 heavy (non-hydrogen) atoms. The summed E-state index contributed by atoms with van der Waals surface area (Å²) in [4.78, 5) is 0. The van der Waals surface area contributed by atoms with Gasteiger partial charge in [0.05, 0.1) is 13.1 Å². The average molecular weight is 217 g/mol. The standard InChI is InChI=1S/C14H21N2/c1-4-6-11-16-12(3)15(5-2)13-9-7-8-10-14(13)16/h7-10H,4-6,11H2,1-3H3/q+1. The van der Waals surface area contributed by atoms with E-state index in [9.17, 15) is 0 Å². The fraction of sp³-hybridized carbons (Fsp3) is 0.500. The molecule has 1 aromatic carbocycles. The minimum Gasteiger partial charge on any atom is -0.228 e.